The second-order valence-corrected chi connectivity index (χ2v) is 5.85. The van der Waals surface area contributed by atoms with Crippen LogP contribution in [0.3, 0.4) is 0 Å². The summed E-state index contributed by atoms with van der Waals surface area (Å²) in [5.74, 6) is 5.24. The van der Waals surface area contributed by atoms with E-state index < -0.39 is 11.5 Å². The van der Waals surface area contributed by atoms with E-state index in [1.165, 1.54) is 6.07 Å². The third kappa shape index (κ3) is 4.17. The number of hydrazine groups is 1. The minimum Gasteiger partial charge on any atom is -0.489 e. The fourth-order valence-electron chi connectivity index (χ4n) is 2.46. The first-order valence-electron chi connectivity index (χ1n) is 7.48. The third-order valence-corrected chi connectivity index (χ3v) is 3.84. The lowest BCUT2D eigenvalue weighted by molar-refractivity contribution is -0.120. The van der Waals surface area contributed by atoms with Gasteiger partial charge in [0, 0.05) is 22.5 Å². The van der Waals surface area contributed by atoms with E-state index in [9.17, 15) is 9.59 Å². The number of ether oxygens (including phenoxy) is 1. The van der Waals surface area contributed by atoms with Crippen LogP contribution in [0.15, 0.2) is 57.7 Å². The van der Waals surface area contributed by atoms with Gasteiger partial charge in [0.15, 0.2) is 0 Å². The number of benzene rings is 2. The standard InChI is InChI=1S/C18H15ClN2O4/c19-13-3-1-2-11(6-13)10-24-14-4-5-15-12(7-17(22)21-20)8-18(23)25-16(15)9-14/h1-6,8-9H,7,10,20H2,(H,21,22). The second kappa shape index (κ2) is 7.38. The van der Waals surface area contributed by atoms with Crippen molar-refractivity contribution < 1.29 is 13.9 Å². The van der Waals surface area contributed by atoms with Crippen molar-refractivity contribution in [2.75, 3.05) is 0 Å². The molecule has 0 aliphatic carbocycles. The summed E-state index contributed by atoms with van der Waals surface area (Å²) < 4.78 is 10.9. The molecule has 7 heteroatoms. The van der Waals surface area contributed by atoms with Crippen molar-refractivity contribution in [3.63, 3.8) is 0 Å². The van der Waals surface area contributed by atoms with Crippen molar-refractivity contribution in [3.05, 3.63) is 75.1 Å². The Morgan fingerprint density at radius 1 is 1.20 bits per heavy atom. The lowest BCUT2D eigenvalue weighted by Gasteiger charge is -2.09. The summed E-state index contributed by atoms with van der Waals surface area (Å²) in [5, 5.41) is 1.28. The lowest BCUT2D eigenvalue weighted by atomic mass is 10.1. The molecule has 25 heavy (non-hydrogen) atoms. The highest BCUT2D eigenvalue weighted by Gasteiger charge is 2.10. The molecule has 0 spiro atoms. The Morgan fingerprint density at radius 3 is 2.80 bits per heavy atom. The molecule has 3 N–H and O–H groups in total. The smallest absolute Gasteiger partial charge is 0.336 e. The maximum absolute atomic E-state index is 11.7. The first-order chi connectivity index (χ1) is 12.0. The topological polar surface area (TPSA) is 94.6 Å². The molecule has 0 unspecified atom stereocenters. The minimum atomic E-state index is -0.542. The van der Waals surface area contributed by atoms with E-state index in [1.54, 1.807) is 24.3 Å². The number of nitrogens with two attached hydrogens (primary N) is 1. The molecule has 2 aromatic carbocycles. The fourth-order valence-corrected chi connectivity index (χ4v) is 2.68. The Balaban J connectivity index is 1.86. The summed E-state index contributed by atoms with van der Waals surface area (Å²) in [6.07, 6.45) is -0.0126. The van der Waals surface area contributed by atoms with Crippen LogP contribution in [0.25, 0.3) is 11.0 Å². The number of carbonyl (C=O) groups excluding carboxylic acids is 1. The van der Waals surface area contributed by atoms with Gasteiger partial charge in [0.2, 0.25) is 5.91 Å². The van der Waals surface area contributed by atoms with E-state index in [0.29, 0.717) is 33.9 Å². The normalized spacial score (nSPS) is 10.6. The van der Waals surface area contributed by atoms with E-state index >= 15 is 0 Å². The van der Waals surface area contributed by atoms with E-state index in [2.05, 4.69) is 0 Å². The Bertz CT molecular complexity index is 984. The van der Waals surface area contributed by atoms with E-state index in [-0.39, 0.29) is 6.42 Å². The summed E-state index contributed by atoms with van der Waals surface area (Å²) in [4.78, 5) is 23.2. The number of carbonyl (C=O) groups is 1. The fraction of sp³-hybridized carbons (Fsp3) is 0.111. The largest absolute Gasteiger partial charge is 0.489 e. The van der Waals surface area contributed by atoms with Gasteiger partial charge in [-0.15, -0.1) is 0 Å². The number of hydrogen-bond donors (Lipinski definition) is 2. The van der Waals surface area contributed by atoms with Gasteiger partial charge >= 0.3 is 5.63 Å². The first kappa shape index (κ1) is 17.0. The third-order valence-electron chi connectivity index (χ3n) is 3.61. The highest BCUT2D eigenvalue weighted by atomic mass is 35.5. The molecule has 0 aliphatic rings. The molecule has 1 amide bonds. The number of rotatable bonds is 5. The Morgan fingerprint density at radius 2 is 2.04 bits per heavy atom. The number of nitrogens with one attached hydrogen (secondary N) is 1. The van der Waals surface area contributed by atoms with Crippen LogP contribution in [0.2, 0.25) is 5.02 Å². The predicted molar refractivity (Wildman–Crippen MR) is 94.3 cm³/mol. The average molecular weight is 359 g/mol. The molecule has 3 aromatic rings. The van der Waals surface area contributed by atoms with Gasteiger partial charge in [-0.3, -0.25) is 10.2 Å². The molecule has 0 saturated heterocycles. The van der Waals surface area contributed by atoms with E-state index in [4.69, 9.17) is 26.6 Å². The zero-order valence-electron chi connectivity index (χ0n) is 13.1. The summed E-state index contributed by atoms with van der Waals surface area (Å²) in [5.41, 5.74) is 3.30. The summed E-state index contributed by atoms with van der Waals surface area (Å²) >= 11 is 5.95. The Hall–Kier alpha value is -2.83. The molecule has 0 radical (unpaired) electrons. The predicted octanol–water partition coefficient (Wildman–Crippen LogP) is 2.56. The Labute approximate surface area is 148 Å². The van der Waals surface area contributed by atoms with Crippen molar-refractivity contribution in [2.24, 2.45) is 5.84 Å². The highest BCUT2D eigenvalue weighted by molar-refractivity contribution is 6.30. The molecular weight excluding hydrogens is 344 g/mol. The van der Waals surface area contributed by atoms with Crippen LogP contribution in [0, 0.1) is 0 Å². The van der Waals surface area contributed by atoms with Crippen molar-refractivity contribution in [1.82, 2.24) is 5.43 Å². The summed E-state index contributed by atoms with van der Waals surface area (Å²) in [6.45, 7) is 0.325. The SMILES string of the molecule is NNC(=O)Cc1cc(=O)oc2cc(OCc3cccc(Cl)c3)ccc12. The van der Waals surface area contributed by atoms with Gasteiger partial charge in [-0.25, -0.2) is 10.6 Å². The highest BCUT2D eigenvalue weighted by Crippen LogP contribution is 2.24. The van der Waals surface area contributed by atoms with Gasteiger partial charge in [-0.1, -0.05) is 23.7 Å². The molecule has 0 atom stereocenters. The molecule has 3 rings (SSSR count). The molecule has 0 fully saturated rings. The molecule has 1 aromatic heterocycles. The number of fused-ring (bicyclic) bond motifs is 1. The number of halogens is 1. The van der Waals surface area contributed by atoms with E-state index in [1.807, 2.05) is 23.6 Å². The summed E-state index contributed by atoms with van der Waals surface area (Å²) in [6, 6.07) is 13.7. The van der Waals surface area contributed by atoms with Crippen molar-refractivity contribution in [1.29, 1.82) is 0 Å². The number of amides is 1. The quantitative estimate of drug-likeness (QED) is 0.316. The van der Waals surface area contributed by atoms with Crippen LogP contribution in [-0.4, -0.2) is 5.91 Å². The van der Waals surface area contributed by atoms with Crippen molar-refractivity contribution >= 4 is 28.5 Å². The maximum Gasteiger partial charge on any atom is 0.336 e. The van der Waals surface area contributed by atoms with Crippen LogP contribution >= 0.6 is 11.6 Å². The molecule has 1 heterocycles. The van der Waals surface area contributed by atoms with Gasteiger partial charge in [-0.05, 0) is 35.4 Å². The second-order valence-electron chi connectivity index (χ2n) is 5.41. The van der Waals surface area contributed by atoms with Gasteiger partial charge in [0.25, 0.3) is 0 Å². The lowest BCUT2D eigenvalue weighted by Crippen LogP contribution is -2.31. The molecule has 128 valence electrons. The molecular formula is C18H15ClN2O4. The number of hydrogen-bond acceptors (Lipinski definition) is 5. The van der Waals surface area contributed by atoms with Crippen LogP contribution < -0.4 is 21.6 Å². The van der Waals surface area contributed by atoms with Crippen molar-refractivity contribution in [3.8, 4) is 5.75 Å². The average Bonchev–Trinajstić information content (AvgIpc) is 2.59. The van der Waals surface area contributed by atoms with Crippen LogP contribution in [-0.2, 0) is 17.8 Å². The molecule has 0 bridgehead atoms. The molecule has 6 nitrogen and oxygen atoms in total. The van der Waals surface area contributed by atoms with Crippen molar-refractivity contribution in [2.45, 2.75) is 13.0 Å². The minimum absolute atomic E-state index is 0.0126. The van der Waals surface area contributed by atoms with Crippen LogP contribution in [0.5, 0.6) is 5.75 Å². The van der Waals surface area contributed by atoms with Gasteiger partial charge in [0.05, 0.1) is 6.42 Å². The van der Waals surface area contributed by atoms with E-state index in [0.717, 1.165) is 5.56 Å². The first-order valence-corrected chi connectivity index (χ1v) is 7.86. The molecule has 0 saturated carbocycles. The summed E-state index contributed by atoms with van der Waals surface area (Å²) in [7, 11) is 0. The van der Waals surface area contributed by atoms with Crippen LogP contribution in [0.4, 0.5) is 0 Å². The zero-order chi connectivity index (χ0) is 17.8. The monoisotopic (exact) mass is 358 g/mol. The van der Waals surface area contributed by atoms with Gasteiger partial charge in [-0.2, -0.15) is 0 Å². The zero-order valence-corrected chi connectivity index (χ0v) is 13.9. The van der Waals surface area contributed by atoms with Crippen LogP contribution in [0.1, 0.15) is 11.1 Å². The maximum atomic E-state index is 11.7. The Kier molecular flexibility index (Phi) is 5.02. The van der Waals surface area contributed by atoms with Gasteiger partial charge < -0.3 is 9.15 Å². The molecule has 0 aliphatic heterocycles. The van der Waals surface area contributed by atoms with Gasteiger partial charge in [0.1, 0.15) is 17.9 Å².